The minimum atomic E-state index is -2.62. The van der Waals surface area contributed by atoms with E-state index in [4.69, 9.17) is 0 Å². The molecule has 28 heavy (non-hydrogen) atoms. The summed E-state index contributed by atoms with van der Waals surface area (Å²) >= 11 is 0. The molecule has 0 bridgehead atoms. The highest BCUT2D eigenvalue weighted by Gasteiger charge is 2.35. The summed E-state index contributed by atoms with van der Waals surface area (Å²) in [5.41, 5.74) is 1.74. The fourth-order valence-electron chi connectivity index (χ4n) is 3.27. The van der Waals surface area contributed by atoms with Crippen LogP contribution in [0.4, 0.5) is 14.6 Å². The molecule has 1 fully saturated rings. The summed E-state index contributed by atoms with van der Waals surface area (Å²) in [5, 5.41) is 10.2. The summed E-state index contributed by atoms with van der Waals surface area (Å²) in [4.78, 5) is 21.2. The van der Waals surface area contributed by atoms with Crippen molar-refractivity contribution >= 4 is 17.4 Å². The first-order valence-electron chi connectivity index (χ1n) is 9.16. The standard InChI is InChI=1S/C19H20F2N6O/c20-19(21)6-3-14(4-7-19)25-18(28)15-12-24-27-9-5-16(26-17(15)27)23-11-13-2-1-8-22-10-13/h1-2,5,8-10,12,14H,3-4,6-7,11H2,(H,23,26)(H,25,28). The van der Waals surface area contributed by atoms with Gasteiger partial charge in [-0.1, -0.05) is 6.07 Å². The van der Waals surface area contributed by atoms with E-state index >= 15 is 0 Å². The lowest BCUT2D eigenvalue weighted by molar-refractivity contribution is -0.0399. The van der Waals surface area contributed by atoms with Crippen molar-refractivity contribution in [1.29, 1.82) is 0 Å². The Morgan fingerprint density at radius 1 is 1.25 bits per heavy atom. The molecule has 3 heterocycles. The van der Waals surface area contributed by atoms with Gasteiger partial charge < -0.3 is 10.6 Å². The van der Waals surface area contributed by atoms with Crippen molar-refractivity contribution in [2.24, 2.45) is 0 Å². The normalized spacial score (nSPS) is 16.8. The summed E-state index contributed by atoms with van der Waals surface area (Å²) in [5.74, 6) is -2.37. The minimum Gasteiger partial charge on any atom is -0.366 e. The Kier molecular flexibility index (Phi) is 4.89. The van der Waals surface area contributed by atoms with E-state index < -0.39 is 5.92 Å². The Balaban J connectivity index is 1.46. The number of pyridine rings is 1. The third-order valence-corrected chi connectivity index (χ3v) is 4.86. The van der Waals surface area contributed by atoms with Gasteiger partial charge in [-0.25, -0.2) is 18.3 Å². The Bertz CT molecular complexity index is 965. The van der Waals surface area contributed by atoms with Crippen LogP contribution in [0.2, 0.25) is 0 Å². The topological polar surface area (TPSA) is 84.2 Å². The van der Waals surface area contributed by atoms with E-state index in [1.807, 2.05) is 12.1 Å². The van der Waals surface area contributed by atoms with E-state index in [-0.39, 0.29) is 37.6 Å². The molecule has 0 unspecified atom stereocenters. The van der Waals surface area contributed by atoms with E-state index in [2.05, 4.69) is 25.7 Å². The number of amides is 1. The number of carbonyl (C=O) groups excluding carboxylic acids is 1. The first-order chi connectivity index (χ1) is 13.5. The average molecular weight is 386 g/mol. The molecule has 2 N–H and O–H groups in total. The number of hydrogen-bond acceptors (Lipinski definition) is 5. The van der Waals surface area contributed by atoms with E-state index in [0.29, 0.717) is 23.6 Å². The van der Waals surface area contributed by atoms with Crippen LogP contribution in [0.3, 0.4) is 0 Å². The molecule has 146 valence electrons. The smallest absolute Gasteiger partial charge is 0.256 e. The maximum atomic E-state index is 13.3. The van der Waals surface area contributed by atoms with Gasteiger partial charge >= 0.3 is 0 Å². The van der Waals surface area contributed by atoms with Crippen LogP contribution in [-0.2, 0) is 6.54 Å². The highest BCUT2D eigenvalue weighted by atomic mass is 19.3. The molecule has 4 rings (SSSR count). The Hall–Kier alpha value is -3.10. The van der Waals surface area contributed by atoms with Crippen LogP contribution in [0.15, 0.2) is 43.0 Å². The van der Waals surface area contributed by atoms with Crippen molar-refractivity contribution in [1.82, 2.24) is 24.9 Å². The average Bonchev–Trinajstić information content (AvgIpc) is 3.12. The third-order valence-electron chi connectivity index (χ3n) is 4.86. The maximum Gasteiger partial charge on any atom is 0.256 e. The van der Waals surface area contributed by atoms with E-state index in [1.165, 1.54) is 10.7 Å². The number of nitrogens with one attached hydrogen (secondary N) is 2. The number of carbonyl (C=O) groups is 1. The molecule has 0 saturated heterocycles. The number of hydrogen-bond donors (Lipinski definition) is 2. The molecule has 0 radical (unpaired) electrons. The predicted octanol–water partition coefficient (Wildman–Crippen LogP) is 3.04. The molecule has 0 aromatic carbocycles. The van der Waals surface area contributed by atoms with Crippen LogP contribution in [-0.4, -0.2) is 37.5 Å². The van der Waals surface area contributed by atoms with Gasteiger partial charge in [-0.15, -0.1) is 0 Å². The molecule has 1 aliphatic carbocycles. The van der Waals surface area contributed by atoms with Crippen LogP contribution < -0.4 is 10.6 Å². The number of fused-ring (bicyclic) bond motifs is 1. The zero-order valence-electron chi connectivity index (χ0n) is 15.1. The van der Waals surface area contributed by atoms with Crippen LogP contribution in [0, 0.1) is 0 Å². The van der Waals surface area contributed by atoms with Gasteiger partial charge in [-0.3, -0.25) is 9.78 Å². The van der Waals surface area contributed by atoms with Crippen molar-refractivity contribution in [3.63, 3.8) is 0 Å². The minimum absolute atomic E-state index is 0.201. The van der Waals surface area contributed by atoms with Gasteiger partial charge in [-0.2, -0.15) is 5.10 Å². The van der Waals surface area contributed by atoms with Gasteiger partial charge in [0.15, 0.2) is 5.65 Å². The second-order valence-electron chi connectivity index (χ2n) is 6.96. The van der Waals surface area contributed by atoms with Crippen molar-refractivity contribution in [3.05, 3.63) is 54.1 Å². The zero-order valence-corrected chi connectivity index (χ0v) is 15.1. The first-order valence-corrected chi connectivity index (χ1v) is 9.16. The van der Waals surface area contributed by atoms with E-state index in [1.54, 1.807) is 24.7 Å². The highest BCUT2D eigenvalue weighted by Crippen LogP contribution is 2.33. The Labute approximate surface area is 160 Å². The lowest BCUT2D eigenvalue weighted by Gasteiger charge is -2.28. The third kappa shape index (κ3) is 4.08. The molecule has 7 nitrogen and oxygen atoms in total. The van der Waals surface area contributed by atoms with Crippen LogP contribution in [0.5, 0.6) is 0 Å². The summed E-state index contributed by atoms with van der Waals surface area (Å²) in [6, 6.07) is 5.31. The van der Waals surface area contributed by atoms with Gasteiger partial charge in [0.25, 0.3) is 5.91 Å². The lowest BCUT2D eigenvalue weighted by Crippen LogP contribution is -2.40. The van der Waals surface area contributed by atoms with Crippen LogP contribution in [0.25, 0.3) is 5.65 Å². The molecular weight excluding hydrogens is 366 g/mol. The number of halogens is 2. The lowest BCUT2D eigenvalue weighted by atomic mass is 9.92. The number of alkyl halides is 2. The second-order valence-corrected chi connectivity index (χ2v) is 6.96. The SMILES string of the molecule is O=C(NC1CCC(F)(F)CC1)c1cnn2ccc(NCc3cccnc3)nc12. The van der Waals surface area contributed by atoms with Crippen molar-refractivity contribution in [3.8, 4) is 0 Å². The molecule has 0 spiro atoms. The maximum absolute atomic E-state index is 13.3. The predicted molar refractivity (Wildman–Crippen MR) is 99.2 cm³/mol. The van der Waals surface area contributed by atoms with E-state index in [9.17, 15) is 13.6 Å². The van der Waals surface area contributed by atoms with Crippen LogP contribution >= 0.6 is 0 Å². The monoisotopic (exact) mass is 386 g/mol. The second kappa shape index (κ2) is 7.49. The van der Waals surface area contributed by atoms with Crippen molar-refractivity contribution in [2.45, 2.75) is 44.2 Å². The highest BCUT2D eigenvalue weighted by molar-refractivity contribution is 5.99. The number of anilines is 1. The number of nitrogens with zero attached hydrogens (tertiary/aromatic N) is 4. The quantitative estimate of drug-likeness (QED) is 0.704. The molecular formula is C19H20F2N6O. The van der Waals surface area contributed by atoms with Gasteiger partial charge in [0.2, 0.25) is 5.92 Å². The number of rotatable bonds is 5. The van der Waals surface area contributed by atoms with Gasteiger partial charge in [-0.05, 0) is 30.5 Å². The molecule has 1 saturated carbocycles. The van der Waals surface area contributed by atoms with Crippen molar-refractivity contribution in [2.75, 3.05) is 5.32 Å². The fourth-order valence-corrected chi connectivity index (χ4v) is 3.27. The van der Waals surface area contributed by atoms with Crippen molar-refractivity contribution < 1.29 is 13.6 Å². The molecule has 0 aliphatic heterocycles. The zero-order chi connectivity index (χ0) is 19.6. The van der Waals surface area contributed by atoms with Crippen LogP contribution in [0.1, 0.15) is 41.6 Å². The van der Waals surface area contributed by atoms with E-state index in [0.717, 1.165) is 5.56 Å². The molecule has 0 atom stereocenters. The Morgan fingerprint density at radius 2 is 2.07 bits per heavy atom. The van der Waals surface area contributed by atoms with Gasteiger partial charge in [0, 0.05) is 44.0 Å². The largest absolute Gasteiger partial charge is 0.366 e. The number of aromatic nitrogens is 4. The summed E-state index contributed by atoms with van der Waals surface area (Å²) in [7, 11) is 0. The van der Waals surface area contributed by atoms with Gasteiger partial charge in [0.1, 0.15) is 11.4 Å². The molecule has 3 aromatic rings. The summed E-state index contributed by atoms with van der Waals surface area (Å²) in [6.07, 6.45) is 6.76. The molecule has 3 aromatic heterocycles. The molecule has 9 heteroatoms. The molecule has 1 amide bonds. The summed E-state index contributed by atoms with van der Waals surface area (Å²) in [6.45, 7) is 0.545. The summed E-state index contributed by atoms with van der Waals surface area (Å²) < 4.78 is 28.1. The molecule has 1 aliphatic rings. The first kappa shape index (κ1) is 18.3. The Morgan fingerprint density at radius 3 is 2.82 bits per heavy atom. The fraction of sp³-hybridized carbons (Fsp3) is 0.368. The van der Waals surface area contributed by atoms with Gasteiger partial charge in [0.05, 0.1) is 6.20 Å².